The van der Waals surface area contributed by atoms with Gasteiger partial charge in [0.25, 0.3) is 0 Å². The summed E-state index contributed by atoms with van der Waals surface area (Å²) in [5, 5.41) is 15.8. The molecule has 0 aliphatic heterocycles. The van der Waals surface area contributed by atoms with Crippen LogP contribution in [0.4, 0.5) is 13.2 Å². The van der Waals surface area contributed by atoms with Crippen molar-refractivity contribution >= 4 is 0 Å². The number of para-hydroxylation sites is 1. The molecule has 2 aromatic rings. The lowest BCUT2D eigenvalue weighted by atomic mass is 10.2. The lowest BCUT2D eigenvalue weighted by molar-refractivity contribution is -0.202. The van der Waals surface area contributed by atoms with Gasteiger partial charge in [0.2, 0.25) is 0 Å². The van der Waals surface area contributed by atoms with E-state index in [9.17, 15) is 13.2 Å². The van der Waals surface area contributed by atoms with Crippen molar-refractivity contribution in [3.05, 3.63) is 48.3 Å². The van der Waals surface area contributed by atoms with Gasteiger partial charge in [-0.05, 0) is 19.1 Å². The van der Waals surface area contributed by atoms with Gasteiger partial charge < -0.3 is 10.4 Å². The molecule has 0 amide bonds. The smallest absolute Gasteiger partial charge is 0.382 e. The summed E-state index contributed by atoms with van der Waals surface area (Å²) in [5.74, 6) is 0. The number of hydrogen-bond acceptors (Lipinski definition) is 3. The van der Waals surface area contributed by atoms with Gasteiger partial charge in [-0.15, -0.1) is 0 Å². The fourth-order valence-electron chi connectivity index (χ4n) is 1.80. The van der Waals surface area contributed by atoms with Crippen LogP contribution in [-0.2, 0) is 0 Å². The Hall–Kier alpha value is -1.86. The van der Waals surface area contributed by atoms with Crippen LogP contribution in [0.1, 0.15) is 18.5 Å². The fourth-order valence-corrected chi connectivity index (χ4v) is 1.80. The quantitative estimate of drug-likeness (QED) is 0.891. The minimum absolute atomic E-state index is 0.348. The summed E-state index contributed by atoms with van der Waals surface area (Å²) in [4.78, 5) is 0. The van der Waals surface area contributed by atoms with Gasteiger partial charge in [-0.1, -0.05) is 18.2 Å². The molecule has 0 bridgehead atoms. The summed E-state index contributed by atoms with van der Waals surface area (Å²) < 4.78 is 38.3. The first-order valence-electron chi connectivity index (χ1n) is 6.46. The Balaban J connectivity index is 1.98. The first-order chi connectivity index (χ1) is 9.88. The molecule has 0 saturated carbocycles. The molecule has 0 aliphatic carbocycles. The van der Waals surface area contributed by atoms with E-state index >= 15 is 0 Å². The molecule has 1 aromatic carbocycles. The topological polar surface area (TPSA) is 50.1 Å². The number of nitrogens with one attached hydrogen (secondary N) is 1. The van der Waals surface area contributed by atoms with Gasteiger partial charge in [-0.2, -0.15) is 18.3 Å². The molecular formula is C14H16F3N3O. The lowest BCUT2D eigenvalue weighted by Crippen LogP contribution is -2.39. The van der Waals surface area contributed by atoms with Gasteiger partial charge in [-0.25, -0.2) is 4.68 Å². The third kappa shape index (κ3) is 4.05. The SMILES string of the molecule is CC(NCC(O)C(F)(F)F)c1cnn(-c2ccccc2)c1. The van der Waals surface area contributed by atoms with Crippen LogP contribution in [-0.4, -0.2) is 33.7 Å². The standard InChI is InChI=1S/C14H16F3N3O/c1-10(18-8-13(21)14(15,16)17)11-7-19-20(9-11)12-5-3-2-4-6-12/h2-7,9-10,13,18,21H,8H2,1H3. The summed E-state index contributed by atoms with van der Waals surface area (Å²) in [6, 6.07) is 9.04. The molecular weight excluding hydrogens is 283 g/mol. The largest absolute Gasteiger partial charge is 0.415 e. The van der Waals surface area contributed by atoms with Gasteiger partial charge in [0, 0.05) is 24.3 Å². The van der Waals surface area contributed by atoms with Crippen molar-refractivity contribution in [1.82, 2.24) is 15.1 Å². The van der Waals surface area contributed by atoms with Crippen LogP contribution in [0.3, 0.4) is 0 Å². The van der Waals surface area contributed by atoms with Crippen LogP contribution in [0.25, 0.3) is 5.69 Å². The van der Waals surface area contributed by atoms with Gasteiger partial charge >= 0.3 is 6.18 Å². The molecule has 1 aromatic heterocycles. The summed E-state index contributed by atoms with van der Waals surface area (Å²) in [6.07, 6.45) is -3.65. The second-order valence-electron chi connectivity index (χ2n) is 4.74. The van der Waals surface area contributed by atoms with Crippen molar-refractivity contribution in [1.29, 1.82) is 0 Å². The second kappa shape index (κ2) is 6.28. The monoisotopic (exact) mass is 299 g/mol. The molecule has 0 saturated heterocycles. The highest BCUT2D eigenvalue weighted by molar-refractivity contribution is 5.31. The number of alkyl halides is 3. The second-order valence-corrected chi connectivity index (χ2v) is 4.74. The number of aliphatic hydroxyl groups excluding tert-OH is 1. The number of aliphatic hydroxyl groups is 1. The van der Waals surface area contributed by atoms with Crippen LogP contribution in [0.5, 0.6) is 0 Å². The van der Waals surface area contributed by atoms with Crippen LogP contribution in [0, 0.1) is 0 Å². The number of aromatic nitrogens is 2. The van der Waals surface area contributed by atoms with E-state index in [1.54, 1.807) is 24.0 Å². The normalized spacial score (nSPS) is 14.9. The van der Waals surface area contributed by atoms with E-state index in [1.807, 2.05) is 30.3 Å². The minimum Gasteiger partial charge on any atom is -0.382 e. The van der Waals surface area contributed by atoms with Crippen molar-refractivity contribution in [3.8, 4) is 5.69 Å². The van der Waals surface area contributed by atoms with E-state index < -0.39 is 18.8 Å². The van der Waals surface area contributed by atoms with Crippen LogP contribution in [0.15, 0.2) is 42.7 Å². The summed E-state index contributed by atoms with van der Waals surface area (Å²) in [7, 11) is 0. The lowest BCUT2D eigenvalue weighted by Gasteiger charge is -2.18. The summed E-state index contributed by atoms with van der Waals surface area (Å²) in [5.41, 5.74) is 1.61. The van der Waals surface area contributed by atoms with Crippen LogP contribution < -0.4 is 5.32 Å². The van der Waals surface area contributed by atoms with Crippen molar-refractivity contribution in [2.24, 2.45) is 0 Å². The molecule has 114 valence electrons. The zero-order valence-corrected chi connectivity index (χ0v) is 11.4. The highest BCUT2D eigenvalue weighted by atomic mass is 19.4. The first kappa shape index (κ1) is 15.5. The van der Waals surface area contributed by atoms with Gasteiger partial charge in [0.05, 0.1) is 11.9 Å². The number of halogens is 3. The summed E-state index contributed by atoms with van der Waals surface area (Å²) in [6.45, 7) is 1.16. The Kier molecular flexibility index (Phi) is 4.64. The maximum Gasteiger partial charge on any atom is 0.415 e. The Morgan fingerprint density at radius 1 is 1.29 bits per heavy atom. The predicted octanol–water partition coefficient (Wildman–Crippen LogP) is 2.45. The van der Waals surface area contributed by atoms with E-state index in [-0.39, 0.29) is 6.04 Å². The zero-order chi connectivity index (χ0) is 15.5. The van der Waals surface area contributed by atoms with Gasteiger partial charge in [-0.3, -0.25) is 0 Å². The predicted molar refractivity (Wildman–Crippen MR) is 72.0 cm³/mol. The maximum atomic E-state index is 12.2. The Bertz CT molecular complexity index is 568. The highest BCUT2D eigenvalue weighted by Crippen LogP contribution is 2.20. The molecule has 0 aliphatic rings. The number of rotatable bonds is 5. The number of nitrogens with zero attached hydrogens (tertiary/aromatic N) is 2. The number of benzene rings is 1. The van der Waals surface area contributed by atoms with Crippen molar-refractivity contribution in [3.63, 3.8) is 0 Å². The van der Waals surface area contributed by atoms with E-state index in [1.165, 1.54) is 0 Å². The molecule has 0 fully saturated rings. The Morgan fingerprint density at radius 3 is 2.57 bits per heavy atom. The molecule has 1 heterocycles. The fraction of sp³-hybridized carbons (Fsp3) is 0.357. The van der Waals surface area contributed by atoms with Crippen LogP contribution >= 0.6 is 0 Å². The molecule has 21 heavy (non-hydrogen) atoms. The van der Waals surface area contributed by atoms with Crippen molar-refractivity contribution < 1.29 is 18.3 Å². The Morgan fingerprint density at radius 2 is 1.95 bits per heavy atom. The van der Waals surface area contributed by atoms with E-state index in [0.29, 0.717) is 0 Å². The zero-order valence-electron chi connectivity index (χ0n) is 11.4. The number of hydrogen-bond donors (Lipinski definition) is 2. The van der Waals surface area contributed by atoms with E-state index in [2.05, 4.69) is 10.4 Å². The molecule has 2 unspecified atom stereocenters. The average Bonchev–Trinajstić information content (AvgIpc) is 2.94. The van der Waals surface area contributed by atoms with Gasteiger partial charge in [0.1, 0.15) is 0 Å². The third-order valence-corrected chi connectivity index (χ3v) is 3.12. The summed E-state index contributed by atoms with van der Waals surface area (Å²) >= 11 is 0. The maximum absolute atomic E-state index is 12.2. The first-order valence-corrected chi connectivity index (χ1v) is 6.46. The molecule has 0 radical (unpaired) electrons. The Labute approximate surface area is 120 Å². The van der Waals surface area contributed by atoms with Crippen molar-refractivity contribution in [2.75, 3.05) is 6.54 Å². The van der Waals surface area contributed by atoms with Gasteiger partial charge in [0.15, 0.2) is 6.10 Å². The highest BCUT2D eigenvalue weighted by Gasteiger charge is 2.37. The van der Waals surface area contributed by atoms with Crippen LogP contribution in [0.2, 0.25) is 0 Å². The molecule has 2 rings (SSSR count). The average molecular weight is 299 g/mol. The minimum atomic E-state index is -4.61. The molecule has 2 atom stereocenters. The van der Waals surface area contributed by atoms with Crippen molar-refractivity contribution in [2.45, 2.75) is 25.2 Å². The van der Waals surface area contributed by atoms with E-state index in [4.69, 9.17) is 5.11 Å². The van der Waals surface area contributed by atoms with E-state index in [0.717, 1.165) is 11.3 Å². The molecule has 0 spiro atoms. The third-order valence-electron chi connectivity index (χ3n) is 3.12. The molecule has 4 nitrogen and oxygen atoms in total. The molecule has 2 N–H and O–H groups in total. The molecule has 7 heteroatoms.